The summed E-state index contributed by atoms with van der Waals surface area (Å²) in [4.78, 5) is 5.13. The minimum Gasteiger partial charge on any atom is -0.524 e. The first kappa shape index (κ1) is 14.1. The average Bonchev–Trinajstić information content (AvgIpc) is 2.86. The molecule has 4 rings (SSSR count). The van der Waals surface area contributed by atoms with Gasteiger partial charge in [0, 0.05) is 16.5 Å². The lowest BCUT2D eigenvalue weighted by molar-refractivity contribution is 0.387. The Balaban J connectivity index is 2.10. The molecule has 0 radical (unpaired) electrons. The van der Waals surface area contributed by atoms with Crippen LogP contribution in [0, 0.1) is 0 Å². The highest BCUT2D eigenvalue weighted by Gasteiger charge is 2.51. The molecule has 0 saturated carbocycles. The number of imidazole rings is 1. The van der Waals surface area contributed by atoms with Crippen molar-refractivity contribution in [3.05, 3.63) is 35.7 Å². The molecule has 0 amide bonds. The summed E-state index contributed by atoms with van der Waals surface area (Å²) in [6.07, 6.45) is 1.14. The van der Waals surface area contributed by atoms with Gasteiger partial charge in [0.05, 0.1) is 11.3 Å². The van der Waals surface area contributed by atoms with E-state index in [0.29, 0.717) is 0 Å². The van der Waals surface area contributed by atoms with Crippen LogP contribution in [0.1, 0.15) is 45.5 Å². The number of aromatic nitrogens is 2. The summed E-state index contributed by atoms with van der Waals surface area (Å²) in [5, 5.41) is 0. The molecule has 0 spiro atoms. The highest BCUT2D eigenvalue weighted by atomic mass is 28.4. The molecule has 116 valence electrons. The van der Waals surface area contributed by atoms with Crippen molar-refractivity contribution in [3.8, 4) is 17.1 Å². The van der Waals surface area contributed by atoms with Crippen LogP contribution in [0.25, 0.3) is 11.4 Å². The van der Waals surface area contributed by atoms with E-state index in [-0.39, 0.29) is 10.8 Å². The number of para-hydroxylation sites is 1. The van der Waals surface area contributed by atoms with Gasteiger partial charge in [0.15, 0.2) is 0 Å². The Labute approximate surface area is 133 Å². The number of rotatable bonds is 0. The maximum absolute atomic E-state index is 6.45. The van der Waals surface area contributed by atoms with Gasteiger partial charge in [-0.25, -0.2) is 4.98 Å². The lowest BCUT2D eigenvalue weighted by atomic mass is 9.83. The maximum atomic E-state index is 6.45. The zero-order valence-corrected chi connectivity index (χ0v) is 15.3. The van der Waals surface area contributed by atoms with Crippen molar-refractivity contribution in [2.75, 3.05) is 0 Å². The van der Waals surface area contributed by atoms with E-state index in [1.54, 1.807) is 0 Å². The molecule has 0 saturated heterocycles. The van der Waals surface area contributed by atoms with Gasteiger partial charge in [-0.05, 0) is 31.6 Å². The third-order valence-electron chi connectivity index (χ3n) is 5.07. The predicted molar refractivity (Wildman–Crippen MR) is 91.8 cm³/mol. The molecule has 1 aromatic carbocycles. The molecule has 0 N–H and O–H groups in total. The van der Waals surface area contributed by atoms with Crippen LogP contribution in [0.5, 0.6) is 5.75 Å². The van der Waals surface area contributed by atoms with E-state index in [1.807, 2.05) is 6.07 Å². The van der Waals surface area contributed by atoms with Gasteiger partial charge in [-0.15, -0.1) is 0 Å². The number of hydrogen-bond donors (Lipinski definition) is 0. The van der Waals surface area contributed by atoms with Crippen LogP contribution < -0.4 is 4.43 Å². The molecule has 4 heteroatoms. The van der Waals surface area contributed by atoms with E-state index in [4.69, 9.17) is 9.41 Å². The minimum atomic E-state index is -2.06. The second kappa shape index (κ2) is 3.85. The van der Waals surface area contributed by atoms with E-state index in [9.17, 15) is 0 Å². The highest BCUT2D eigenvalue weighted by molar-refractivity contribution is 6.71. The van der Waals surface area contributed by atoms with Crippen molar-refractivity contribution < 1.29 is 4.43 Å². The Morgan fingerprint density at radius 3 is 2.50 bits per heavy atom. The molecule has 1 aromatic heterocycles. The van der Waals surface area contributed by atoms with Crippen molar-refractivity contribution in [2.24, 2.45) is 0 Å². The second-order valence-electron chi connectivity index (χ2n) is 8.46. The van der Waals surface area contributed by atoms with Crippen LogP contribution in [-0.2, 0) is 10.8 Å². The van der Waals surface area contributed by atoms with Crippen LogP contribution in [-0.4, -0.2) is 17.7 Å². The monoisotopic (exact) mass is 312 g/mol. The van der Waals surface area contributed by atoms with E-state index in [1.165, 1.54) is 11.4 Å². The van der Waals surface area contributed by atoms with Crippen molar-refractivity contribution >= 4 is 8.48 Å². The lowest BCUT2D eigenvalue weighted by Gasteiger charge is -2.36. The van der Waals surface area contributed by atoms with Gasteiger partial charge >= 0.3 is 8.48 Å². The van der Waals surface area contributed by atoms with Gasteiger partial charge < -0.3 is 8.66 Å². The number of benzene rings is 1. The third-order valence-corrected chi connectivity index (χ3v) is 7.30. The number of nitrogens with zero attached hydrogens (tertiary/aromatic N) is 2. The van der Waals surface area contributed by atoms with E-state index >= 15 is 0 Å². The van der Waals surface area contributed by atoms with Crippen molar-refractivity contribution in [2.45, 2.75) is 58.0 Å². The zero-order chi connectivity index (χ0) is 15.9. The Morgan fingerprint density at radius 1 is 1.09 bits per heavy atom. The molecular formula is C18H24N2OSi. The lowest BCUT2D eigenvalue weighted by Crippen LogP contribution is -2.48. The summed E-state index contributed by atoms with van der Waals surface area (Å²) in [6.45, 7) is 13.9. The molecule has 3 nitrogen and oxygen atoms in total. The van der Waals surface area contributed by atoms with Crippen LogP contribution in [0.2, 0.25) is 13.1 Å². The molecule has 2 aromatic rings. The first-order valence-electron chi connectivity index (χ1n) is 8.06. The molecule has 2 aliphatic rings. The largest absolute Gasteiger partial charge is 0.524 e. The summed E-state index contributed by atoms with van der Waals surface area (Å²) in [5.41, 5.74) is 4.08. The van der Waals surface area contributed by atoms with Gasteiger partial charge in [0.1, 0.15) is 11.6 Å². The fraction of sp³-hybridized carbons (Fsp3) is 0.500. The SMILES string of the molecule is CC1(C)CC(C)(C)c2c1nc1n2[Si](C)(C)Oc2ccccc2-1. The Morgan fingerprint density at radius 2 is 1.77 bits per heavy atom. The van der Waals surface area contributed by atoms with Gasteiger partial charge in [-0.3, -0.25) is 0 Å². The first-order chi connectivity index (χ1) is 10.1. The fourth-order valence-electron chi connectivity index (χ4n) is 4.55. The van der Waals surface area contributed by atoms with Crippen LogP contribution in [0.3, 0.4) is 0 Å². The van der Waals surface area contributed by atoms with Crippen LogP contribution in [0.4, 0.5) is 0 Å². The minimum absolute atomic E-state index is 0.128. The fourth-order valence-corrected chi connectivity index (χ4v) is 6.98. The smallest absolute Gasteiger partial charge is 0.359 e. The zero-order valence-electron chi connectivity index (χ0n) is 14.3. The highest BCUT2D eigenvalue weighted by Crippen LogP contribution is 2.52. The second-order valence-corrected chi connectivity index (χ2v) is 12.0. The van der Waals surface area contributed by atoms with Gasteiger partial charge in [0.25, 0.3) is 0 Å². The molecule has 0 bridgehead atoms. The average molecular weight is 312 g/mol. The molecule has 22 heavy (non-hydrogen) atoms. The molecule has 0 unspecified atom stereocenters. The predicted octanol–water partition coefficient (Wildman–Crippen LogP) is 4.45. The van der Waals surface area contributed by atoms with Crippen molar-refractivity contribution in [1.29, 1.82) is 0 Å². The number of fused-ring (bicyclic) bond motifs is 5. The Hall–Kier alpha value is -1.55. The Kier molecular flexibility index (Phi) is 2.46. The first-order valence-corrected chi connectivity index (χ1v) is 10.9. The van der Waals surface area contributed by atoms with E-state index in [2.05, 4.69) is 63.2 Å². The number of hydrogen-bond acceptors (Lipinski definition) is 2. The molecule has 0 atom stereocenters. The van der Waals surface area contributed by atoms with E-state index in [0.717, 1.165) is 23.6 Å². The third kappa shape index (κ3) is 1.64. The molecule has 0 fully saturated rings. The molecule has 1 aliphatic carbocycles. The summed E-state index contributed by atoms with van der Waals surface area (Å²) in [7, 11) is -2.06. The van der Waals surface area contributed by atoms with Crippen molar-refractivity contribution in [1.82, 2.24) is 9.22 Å². The summed E-state index contributed by atoms with van der Waals surface area (Å²) in [5.74, 6) is 2.11. The van der Waals surface area contributed by atoms with Gasteiger partial charge in [-0.2, -0.15) is 0 Å². The van der Waals surface area contributed by atoms with Crippen LogP contribution in [0.15, 0.2) is 24.3 Å². The summed E-state index contributed by atoms with van der Waals surface area (Å²) < 4.78 is 8.92. The molecular weight excluding hydrogens is 288 g/mol. The standard InChI is InChI=1S/C18H24N2OSi/c1-17(2)11-18(3,4)15-14(17)19-16-12-9-7-8-10-13(12)21-22(5,6)20(15)16/h7-10H,11H2,1-6H3. The normalized spacial score (nSPS) is 22.5. The quantitative estimate of drug-likeness (QED) is 0.672. The Bertz CT molecular complexity index is 786. The van der Waals surface area contributed by atoms with Crippen molar-refractivity contribution in [3.63, 3.8) is 0 Å². The maximum Gasteiger partial charge on any atom is 0.359 e. The van der Waals surface area contributed by atoms with Gasteiger partial charge in [0.2, 0.25) is 0 Å². The van der Waals surface area contributed by atoms with E-state index < -0.39 is 8.48 Å². The van der Waals surface area contributed by atoms with Crippen LogP contribution >= 0.6 is 0 Å². The van der Waals surface area contributed by atoms with Gasteiger partial charge in [-0.1, -0.05) is 39.8 Å². The molecule has 1 aliphatic heterocycles. The summed E-state index contributed by atoms with van der Waals surface area (Å²) in [6, 6.07) is 8.32. The molecule has 2 heterocycles. The topological polar surface area (TPSA) is 27.1 Å². The summed E-state index contributed by atoms with van der Waals surface area (Å²) >= 11 is 0.